The van der Waals surface area contributed by atoms with Gasteiger partial charge in [0.1, 0.15) is 0 Å². The SMILES string of the molecule is CCN(CC)C(CO)C(C)(O)CCCC(C)CCCC(C)CCCC(C)C. The zero-order valence-electron chi connectivity index (χ0n) is 19.6. The summed E-state index contributed by atoms with van der Waals surface area (Å²) < 4.78 is 0. The standard InChI is InChI=1S/C24H51NO2/c1-8-25(9-2)23(19-26)24(7,27)18-12-17-22(6)16-11-15-21(5)14-10-13-20(3)4/h20-23,26-27H,8-19H2,1-7H3. The molecule has 4 unspecified atom stereocenters. The highest BCUT2D eigenvalue weighted by atomic mass is 16.3. The number of nitrogens with zero attached hydrogens (tertiary/aromatic N) is 1. The van der Waals surface area contributed by atoms with Gasteiger partial charge in [0, 0.05) is 0 Å². The summed E-state index contributed by atoms with van der Waals surface area (Å²) in [6.07, 6.45) is 11.1. The minimum absolute atomic E-state index is 0.0267. The normalized spacial score (nSPS) is 17.9. The minimum atomic E-state index is -0.814. The van der Waals surface area contributed by atoms with E-state index >= 15 is 0 Å². The molecule has 0 aromatic rings. The second-order valence-electron chi connectivity index (χ2n) is 9.63. The Morgan fingerprint density at radius 1 is 0.778 bits per heavy atom. The van der Waals surface area contributed by atoms with Gasteiger partial charge in [-0.25, -0.2) is 0 Å². The Labute approximate surface area is 170 Å². The molecule has 0 amide bonds. The summed E-state index contributed by atoms with van der Waals surface area (Å²) in [5, 5.41) is 20.6. The third kappa shape index (κ3) is 12.1. The molecule has 3 heteroatoms. The molecule has 0 aromatic carbocycles. The van der Waals surface area contributed by atoms with Crippen molar-refractivity contribution in [1.82, 2.24) is 4.90 Å². The highest BCUT2D eigenvalue weighted by Crippen LogP contribution is 2.26. The van der Waals surface area contributed by atoms with E-state index in [0.717, 1.165) is 43.7 Å². The zero-order valence-corrected chi connectivity index (χ0v) is 19.6. The number of hydrogen-bond acceptors (Lipinski definition) is 3. The smallest absolute Gasteiger partial charge is 0.0796 e. The van der Waals surface area contributed by atoms with Crippen LogP contribution in [0.1, 0.15) is 106 Å². The van der Waals surface area contributed by atoms with Gasteiger partial charge in [-0.1, -0.05) is 92.9 Å². The lowest BCUT2D eigenvalue weighted by molar-refractivity contribution is -0.0593. The average Bonchev–Trinajstić information content (AvgIpc) is 2.58. The van der Waals surface area contributed by atoms with E-state index in [2.05, 4.69) is 46.4 Å². The molecule has 164 valence electrons. The fraction of sp³-hybridized carbons (Fsp3) is 1.00. The Balaban J connectivity index is 4.05. The van der Waals surface area contributed by atoms with Crippen LogP contribution in [-0.2, 0) is 0 Å². The molecule has 0 fully saturated rings. The van der Waals surface area contributed by atoms with Crippen LogP contribution < -0.4 is 0 Å². The minimum Gasteiger partial charge on any atom is -0.395 e. The molecule has 0 spiro atoms. The van der Waals surface area contributed by atoms with E-state index in [9.17, 15) is 10.2 Å². The molecule has 0 saturated carbocycles. The number of hydrogen-bond donors (Lipinski definition) is 2. The van der Waals surface area contributed by atoms with Crippen LogP contribution >= 0.6 is 0 Å². The molecular formula is C24H51NO2. The lowest BCUT2D eigenvalue weighted by Crippen LogP contribution is -2.53. The Bertz CT molecular complexity index is 339. The summed E-state index contributed by atoms with van der Waals surface area (Å²) >= 11 is 0. The van der Waals surface area contributed by atoms with Gasteiger partial charge in [-0.05, 0) is 44.2 Å². The van der Waals surface area contributed by atoms with Crippen molar-refractivity contribution < 1.29 is 10.2 Å². The van der Waals surface area contributed by atoms with Crippen molar-refractivity contribution in [2.75, 3.05) is 19.7 Å². The maximum atomic E-state index is 10.9. The Morgan fingerprint density at radius 3 is 1.63 bits per heavy atom. The van der Waals surface area contributed by atoms with Gasteiger partial charge in [-0.2, -0.15) is 0 Å². The van der Waals surface area contributed by atoms with Crippen LogP contribution in [0.15, 0.2) is 0 Å². The Kier molecular flexibility index (Phi) is 14.8. The van der Waals surface area contributed by atoms with Gasteiger partial charge >= 0.3 is 0 Å². The van der Waals surface area contributed by atoms with Crippen molar-refractivity contribution >= 4 is 0 Å². The molecular weight excluding hydrogens is 334 g/mol. The summed E-state index contributed by atoms with van der Waals surface area (Å²) in [5.41, 5.74) is -0.814. The van der Waals surface area contributed by atoms with E-state index < -0.39 is 5.60 Å². The monoisotopic (exact) mass is 385 g/mol. The van der Waals surface area contributed by atoms with E-state index in [1.54, 1.807) is 0 Å². The molecule has 4 atom stereocenters. The Morgan fingerprint density at radius 2 is 1.22 bits per heavy atom. The molecule has 0 heterocycles. The van der Waals surface area contributed by atoms with Gasteiger partial charge in [0.05, 0.1) is 18.2 Å². The summed E-state index contributed by atoms with van der Waals surface area (Å²) in [4.78, 5) is 2.17. The van der Waals surface area contributed by atoms with Gasteiger partial charge < -0.3 is 10.2 Å². The van der Waals surface area contributed by atoms with Gasteiger partial charge in [-0.15, -0.1) is 0 Å². The molecule has 0 aliphatic carbocycles. The quantitative estimate of drug-likeness (QED) is 0.328. The second kappa shape index (κ2) is 14.8. The molecule has 0 radical (unpaired) electrons. The second-order valence-corrected chi connectivity index (χ2v) is 9.63. The van der Waals surface area contributed by atoms with Crippen molar-refractivity contribution in [3.05, 3.63) is 0 Å². The van der Waals surface area contributed by atoms with Crippen LogP contribution in [0, 0.1) is 17.8 Å². The highest BCUT2D eigenvalue weighted by Gasteiger charge is 2.34. The summed E-state index contributed by atoms with van der Waals surface area (Å²) in [7, 11) is 0. The van der Waals surface area contributed by atoms with Crippen LogP contribution in [0.25, 0.3) is 0 Å². The Hall–Kier alpha value is -0.120. The van der Waals surface area contributed by atoms with Crippen LogP contribution in [0.5, 0.6) is 0 Å². The molecule has 0 aromatic heterocycles. The molecule has 0 rings (SSSR count). The summed E-state index contributed by atoms with van der Waals surface area (Å²) in [5.74, 6) is 2.42. The number of likely N-dealkylation sites (N-methyl/N-ethyl adjacent to an activating group) is 1. The van der Waals surface area contributed by atoms with E-state index in [1.165, 1.54) is 44.9 Å². The molecule has 27 heavy (non-hydrogen) atoms. The largest absolute Gasteiger partial charge is 0.395 e. The van der Waals surface area contributed by atoms with Gasteiger partial charge in [0.2, 0.25) is 0 Å². The van der Waals surface area contributed by atoms with Crippen molar-refractivity contribution in [3.63, 3.8) is 0 Å². The molecule has 0 aliphatic heterocycles. The van der Waals surface area contributed by atoms with Gasteiger partial charge in [0.25, 0.3) is 0 Å². The van der Waals surface area contributed by atoms with E-state index in [0.29, 0.717) is 0 Å². The predicted octanol–water partition coefficient (Wildman–Crippen LogP) is 5.88. The average molecular weight is 386 g/mol. The van der Waals surface area contributed by atoms with Gasteiger partial charge in [-0.3, -0.25) is 4.90 Å². The lowest BCUT2D eigenvalue weighted by Gasteiger charge is -2.39. The maximum absolute atomic E-state index is 10.9. The van der Waals surface area contributed by atoms with Crippen LogP contribution in [0.3, 0.4) is 0 Å². The van der Waals surface area contributed by atoms with Crippen molar-refractivity contribution in [1.29, 1.82) is 0 Å². The highest BCUT2D eigenvalue weighted by molar-refractivity contribution is 4.89. The maximum Gasteiger partial charge on any atom is 0.0796 e. The summed E-state index contributed by atoms with van der Waals surface area (Å²) in [6, 6.07) is -0.158. The fourth-order valence-electron chi connectivity index (χ4n) is 4.32. The van der Waals surface area contributed by atoms with Gasteiger partial charge in [0.15, 0.2) is 0 Å². The van der Waals surface area contributed by atoms with E-state index in [-0.39, 0.29) is 12.6 Å². The topological polar surface area (TPSA) is 43.7 Å². The predicted molar refractivity (Wildman–Crippen MR) is 119 cm³/mol. The van der Waals surface area contributed by atoms with Crippen molar-refractivity contribution in [2.45, 2.75) is 118 Å². The molecule has 2 N–H and O–H groups in total. The van der Waals surface area contributed by atoms with E-state index in [4.69, 9.17) is 0 Å². The number of aliphatic hydroxyl groups is 2. The van der Waals surface area contributed by atoms with Crippen LogP contribution in [0.4, 0.5) is 0 Å². The zero-order chi connectivity index (χ0) is 20.9. The third-order valence-corrected chi connectivity index (χ3v) is 6.40. The molecule has 0 saturated heterocycles. The first-order valence-corrected chi connectivity index (χ1v) is 11.7. The first-order valence-electron chi connectivity index (χ1n) is 11.7. The lowest BCUT2D eigenvalue weighted by atomic mass is 9.87. The first-order chi connectivity index (χ1) is 12.7. The van der Waals surface area contributed by atoms with Crippen LogP contribution in [-0.4, -0.2) is 46.5 Å². The fourth-order valence-corrected chi connectivity index (χ4v) is 4.32. The first kappa shape index (κ1) is 26.9. The molecule has 0 bridgehead atoms. The third-order valence-electron chi connectivity index (χ3n) is 6.40. The van der Waals surface area contributed by atoms with E-state index in [1.807, 2.05) is 6.92 Å². The van der Waals surface area contributed by atoms with Crippen molar-refractivity contribution in [2.24, 2.45) is 17.8 Å². The number of aliphatic hydroxyl groups excluding tert-OH is 1. The summed E-state index contributed by atoms with van der Waals surface area (Å²) in [6.45, 7) is 17.2. The number of rotatable bonds is 17. The van der Waals surface area contributed by atoms with Crippen molar-refractivity contribution in [3.8, 4) is 0 Å². The molecule has 0 aliphatic rings. The van der Waals surface area contributed by atoms with Crippen LogP contribution in [0.2, 0.25) is 0 Å². The molecule has 3 nitrogen and oxygen atoms in total.